The van der Waals surface area contributed by atoms with Gasteiger partial charge in [-0.05, 0) is 37.6 Å². The number of carbonyl (C=O) groups is 2. The van der Waals surface area contributed by atoms with Gasteiger partial charge in [-0.3, -0.25) is 9.59 Å². The summed E-state index contributed by atoms with van der Waals surface area (Å²) in [4.78, 5) is 23.3. The van der Waals surface area contributed by atoms with Gasteiger partial charge in [0.05, 0.1) is 5.56 Å². The number of rotatable bonds is 4. The van der Waals surface area contributed by atoms with Gasteiger partial charge in [0.25, 0.3) is 5.91 Å². The van der Waals surface area contributed by atoms with Crippen LogP contribution >= 0.6 is 0 Å². The van der Waals surface area contributed by atoms with Crippen molar-refractivity contribution in [2.45, 2.75) is 20.4 Å². The number of pyridine rings is 1. The van der Waals surface area contributed by atoms with Crippen molar-refractivity contribution in [2.24, 2.45) is 0 Å². The zero-order chi connectivity index (χ0) is 14.5. The van der Waals surface area contributed by atoms with Crippen molar-refractivity contribution in [3.8, 4) is 0 Å². The largest absolute Gasteiger partial charge is 0.321 e. The minimum Gasteiger partial charge on any atom is -0.321 e. The van der Waals surface area contributed by atoms with Gasteiger partial charge >= 0.3 is 0 Å². The Hall–Kier alpha value is -2.49. The van der Waals surface area contributed by atoms with Crippen LogP contribution in [-0.2, 0) is 11.3 Å². The summed E-state index contributed by atoms with van der Waals surface area (Å²) < 4.78 is 1.70. The molecule has 4 heteroatoms. The zero-order valence-electron chi connectivity index (χ0n) is 11.6. The minimum atomic E-state index is -0.124. The summed E-state index contributed by atoms with van der Waals surface area (Å²) >= 11 is 0. The van der Waals surface area contributed by atoms with Gasteiger partial charge in [0.2, 0.25) is 6.54 Å². The molecule has 0 aliphatic heterocycles. The van der Waals surface area contributed by atoms with Crippen molar-refractivity contribution in [3.63, 3.8) is 0 Å². The lowest BCUT2D eigenvalue weighted by atomic mass is 10.2. The summed E-state index contributed by atoms with van der Waals surface area (Å²) in [6.45, 7) is 3.66. The van der Waals surface area contributed by atoms with E-state index in [4.69, 9.17) is 0 Å². The highest BCUT2D eigenvalue weighted by molar-refractivity contribution is 5.93. The predicted molar refractivity (Wildman–Crippen MR) is 76.5 cm³/mol. The van der Waals surface area contributed by atoms with Crippen molar-refractivity contribution in [1.29, 1.82) is 0 Å². The smallest absolute Gasteiger partial charge is 0.290 e. The second kappa shape index (κ2) is 6.10. The van der Waals surface area contributed by atoms with E-state index in [2.05, 4.69) is 5.32 Å². The van der Waals surface area contributed by atoms with E-state index < -0.39 is 0 Å². The number of aromatic nitrogens is 1. The first-order chi connectivity index (χ1) is 9.54. The number of nitrogens with zero attached hydrogens (tertiary/aromatic N) is 1. The highest BCUT2D eigenvalue weighted by Crippen LogP contribution is 2.09. The summed E-state index contributed by atoms with van der Waals surface area (Å²) in [7, 11) is 0. The van der Waals surface area contributed by atoms with Crippen LogP contribution in [0.1, 0.15) is 22.8 Å². The fraction of sp³-hybridized carbons (Fsp3) is 0.188. The van der Waals surface area contributed by atoms with Crippen LogP contribution < -0.4 is 9.88 Å². The SMILES string of the molecule is CC(=O)c1ccc[n+](CC(=O)Nc2cccc(C)c2)c1. The molecule has 0 aliphatic carbocycles. The van der Waals surface area contributed by atoms with Crippen LogP contribution in [0.25, 0.3) is 0 Å². The lowest BCUT2D eigenvalue weighted by Gasteiger charge is -2.04. The third kappa shape index (κ3) is 3.75. The Balaban J connectivity index is 2.04. The normalized spacial score (nSPS) is 10.1. The number of ketones is 1. The number of nitrogens with one attached hydrogen (secondary N) is 1. The van der Waals surface area contributed by atoms with Gasteiger partial charge in [0.15, 0.2) is 18.2 Å². The van der Waals surface area contributed by atoms with Gasteiger partial charge in [-0.25, -0.2) is 0 Å². The molecule has 0 unspecified atom stereocenters. The summed E-state index contributed by atoms with van der Waals surface area (Å²) in [5, 5.41) is 2.84. The van der Waals surface area contributed by atoms with Crippen molar-refractivity contribution >= 4 is 17.4 Å². The minimum absolute atomic E-state index is 0.0153. The van der Waals surface area contributed by atoms with E-state index in [1.165, 1.54) is 6.92 Å². The van der Waals surface area contributed by atoms with Crippen LogP contribution in [0, 0.1) is 6.92 Å². The highest BCUT2D eigenvalue weighted by Gasteiger charge is 2.11. The van der Waals surface area contributed by atoms with Gasteiger partial charge < -0.3 is 5.32 Å². The van der Waals surface area contributed by atoms with Crippen molar-refractivity contribution in [3.05, 3.63) is 59.9 Å². The Kier molecular flexibility index (Phi) is 4.25. The molecule has 0 radical (unpaired) electrons. The molecule has 0 spiro atoms. The Bertz CT molecular complexity index is 650. The molecule has 0 bridgehead atoms. The Morgan fingerprint density at radius 2 is 2.00 bits per heavy atom. The molecule has 1 aromatic heterocycles. The van der Waals surface area contributed by atoms with Crippen molar-refractivity contribution < 1.29 is 14.2 Å². The summed E-state index contributed by atoms with van der Waals surface area (Å²) in [5.74, 6) is -0.139. The molecule has 1 aromatic carbocycles. The fourth-order valence-electron chi connectivity index (χ4n) is 1.92. The fourth-order valence-corrected chi connectivity index (χ4v) is 1.92. The average molecular weight is 269 g/mol. The maximum absolute atomic E-state index is 12.0. The molecule has 0 saturated carbocycles. The Labute approximate surface area is 118 Å². The number of hydrogen-bond acceptors (Lipinski definition) is 2. The molecule has 1 heterocycles. The number of hydrogen-bond donors (Lipinski definition) is 1. The number of anilines is 1. The van der Waals surface area contributed by atoms with Gasteiger partial charge in [0, 0.05) is 11.8 Å². The van der Waals surface area contributed by atoms with Crippen LogP contribution in [0.3, 0.4) is 0 Å². The molecule has 2 rings (SSSR count). The maximum Gasteiger partial charge on any atom is 0.290 e. The average Bonchev–Trinajstić information content (AvgIpc) is 2.38. The third-order valence-electron chi connectivity index (χ3n) is 2.89. The second-order valence-corrected chi connectivity index (χ2v) is 4.74. The number of amides is 1. The van der Waals surface area contributed by atoms with Crippen LogP contribution in [0.2, 0.25) is 0 Å². The maximum atomic E-state index is 12.0. The number of Topliss-reactive ketones (excluding diaryl/α,β-unsaturated/α-hetero) is 1. The molecule has 1 N–H and O–H groups in total. The third-order valence-corrected chi connectivity index (χ3v) is 2.89. The zero-order valence-corrected chi connectivity index (χ0v) is 11.6. The molecule has 0 atom stereocenters. The molecule has 4 nitrogen and oxygen atoms in total. The lowest BCUT2D eigenvalue weighted by Crippen LogP contribution is -2.40. The van der Waals surface area contributed by atoms with E-state index in [0.717, 1.165) is 11.3 Å². The van der Waals surface area contributed by atoms with Crippen LogP contribution in [0.4, 0.5) is 5.69 Å². The van der Waals surface area contributed by atoms with Crippen molar-refractivity contribution in [1.82, 2.24) is 0 Å². The first-order valence-corrected chi connectivity index (χ1v) is 6.41. The summed E-state index contributed by atoms with van der Waals surface area (Å²) in [6, 6.07) is 11.1. The Morgan fingerprint density at radius 3 is 2.70 bits per heavy atom. The van der Waals surface area contributed by atoms with Gasteiger partial charge in [-0.15, -0.1) is 0 Å². The van der Waals surface area contributed by atoms with Gasteiger partial charge in [0.1, 0.15) is 0 Å². The van der Waals surface area contributed by atoms with E-state index in [1.54, 1.807) is 29.1 Å². The first kappa shape index (κ1) is 13.9. The number of benzene rings is 1. The molecule has 0 saturated heterocycles. The molecule has 1 amide bonds. The lowest BCUT2D eigenvalue weighted by molar-refractivity contribution is -0.684. The van der Waals surface area contributed by atoms with E-state index in [1.807, 2.05) is 31.2 Å². The number of aryl methyl sites for hydroxylation is 1. The van der Waals surface area contributed by atoms with E-state index in [9.17, 15) is 9.59 Å². The first-order valence-electron chi connectivity index (χ1n) is 6.41. The molecule has 102 valence electrons. The van der Waals surface area contributed by atoms with Gasteiger partial charge in [-0.1, -0.05) is 12.1 Å². The molecule has 2 aromatic rings. The van der Waals surface area contributed by atoms with E-state index in [0.29, 0.717) is 5.56 Å². The summed E-state index contributed by atoms with van der Waals surface area (Å²) in [6.07, 6.45) is 3.44. The predicted octanol–water partition coefficient (Wildman–Crippen LogP) is 2.12. The standard InChI is InChI=1S/C16H16N2O2/c1-12-5-3-7-15(9-12)17-16(20)11-18-8-4-6-14(10-18)13(2)19/h3-10H,11H2,1-2H3/p+1. The van der Waals surface area contributed by atoms with E-state index >= 15 is 0 Å². The highest BCUT2D eigenvalue weighted by atomic mass is 16.2. The second-order valence-electron chi connectivity index (χ2n) is 4.74. The van der Waals surface area contributed by atoms with Gasteiger partial charge in [-0.2, -0.15) is 4.57 Å². The monoisotopic (exact) mass is 269 g/mol. The summed E-state index contributed by atoms with van der Waals surface area (Å²) in [5.41, 5.74) is 2.46. The Morgan fingerprint density at radius 1 is 1.20 bits per heavy atom. The quantitative estimate of drug-likeness (QED) is 0.683. The molecule has 0 fully saturated rings. The van der Waals surface area contributed by atoms with Crippen LogP contribution in [0.5, 0.6) is 0 Å². The van der Waals surface area contributed by atoms with E-state index in [-0.39, 0.29) is 18.2 Å². The molecular weight excluding hydrogens is 252 g/mol. The molecule has 20 heavy (non-hydrogen) atoms. The van der Waals surface area contributed by atoms with Crippen LogP contribution in [-0.4, -0.2) is 11.7 Å². The van der Waals surface area contributed by atoms with Crippen LogP contribution in [0.15, 0.2) is 48.8 Å². The topological polar surface area (TPSA) is 50.0 Å². The molecular formula is C16H17N2O2+. The molecule has 0 aliphatic rings. The number of carbonyl (C=O) groups excluding carboxylic acids is 2. The van der Waals surface area contributed by atoms with Crippen molar-refractivity contribution in [2.75, 3.05) is 5.32 Å².